The van der Waals surface area contributed by atoms with Crippen molar-refractivity contribution in [2.75, 3.05) is 6.61 Å². The van der Waals surface area contributed by atoms with Gasteiger partial charge in [0.15, 0.2) is 14.6 Å². The molecule has 0 aliphatic carbocycles. The molecule has 0 saturated heterocycles. The van der Waals surface area contributed by atoms with Crippen LogP contribution in [0.15, 0.2) is 24.4 Å². The van der Waals surface area contributed by atoms with E-state index in [9.17, 15) is 4.79 Å². The highest BCUT2D eigenvalue weighted by Gasteiger charge is 2.36. The first kappa shape index (κ1) is 19.9. The summed E-state index contributed by atoms with van der Waals surface area (Å²) in [4.78, 5) is 15.7. The van der Waals surface area contributed by atoms with Crippen LogP contribution in [0.2, 0.25) is 18.1 Å². The molecule has 0 aliphatic rings. The van der Waals surface area contributed by atoms with Gasteiger partial charge in [-0.15, -0.1) is 0 Å². The van der Waals surface area contributed by atoms with Crippen LogP contribution in [0.25, 0.3) is 11.0 Å². The van der Waals surface area contributed by atoms with Crippen LogP contribution >= 0.6 is 0 Å². The van der Waals surface area contributed by atoms with Crippen molar-refractivity contribution in [2.24, 2.45) is 0 Å². The summed E-state index contributed by atoms with van der Waals surface area (Å²) < 4.78 is 8.25. The Morgan fingerprint density at radius 2 is 1.92 bits per heavy atom. The Balaban J connectivity index is 1.75. The average molecular weight is 361 g/mol. The monoisotopic (exact) mass is 360 g/mol. The maximum atomic E-state index is 11.3. The van der Waals surface area contributed by atoms with E-state index < -0.39 is 8.32 Å². The molecule has 0 radical (unpaired) electrons. The normalized spacial score (nSPS) is 12.7. The molecule has 0 aromatic carbocycles. The van der Waals surface area contributed by atoms with E-state index in [1.165, 1.54) is 0 Å². The maximum absolute atomic E-state index is 11.3. The number of nitrogens with zero attached hydrogens (tertiary/aromatic N) is 2. The zero-order valence-electron chi connectivity index (χ0n) is 16.3. The number of hydrogen-bond acceptors (Lipinski definition) is 3. The highest BCUT2D eigenvalue weighted by atomic mass is 28.4. The highest BCUT2D eigenvalue weighted by molar-refractivity contribution is 6.74. The second-order valence-electron chi connectivity index (χ2n) is 8.28. The number of carbonyl (C=O) groups is 1. The first-order valence-electron chi connectivity index (χ1n) is 9.30. The van der Waals surface area contributed by atoms with Crippen molar-refractivity contribution in [1.82, 2.24) is 9.55 Å². The van der Waals surface area contributed by atoms with E-state index in [0.717, 1.165) is 61.8 Å². The number of aromatic nitrogens is 2. The number of aryl methyl sites for hydroxylation is 1. The zero-order valence-corrected chi connectivity index (χ0v) is 17.3. The van der Waals surface area contributed by atoms with Crippen molar-refractivity contribution in [3.8, 4) is 0 Å². The van der Waals surface area contributed by atoms with E-state index in [0.29, 0.717) is 0 Å². The Morgan fingerprint density at radius 1 is 1.20 bits per heavy atom. The lowest BCUT2D eigenvalue weighted by Gasteiger charge is -2.36. The minimum absolute atomic E-state index is 0.278. The molecule has 138 valence electrons. The van der Waals surface area contributed by atoms with Crippen LogP contribution in [0.4, 0.5) is 0 Å². The van der Waals surface area contributed by atoms with Crippen molar-refractivity contribution in [3.63, 3.8) is 0 Å². The summed E-state index contributed by atoms with van der Waals surface area (Å²) in [6, 6.07) is 5.83. The quantitative estimate of drug-likeness (QED) is 0.340. The van der Waals surface area contributed by atoms with Gasteiger partial charge >= 0.3 is 0 Å². The van der Waals surface area contributed by atoms with Crippen LogP contribution < -0.4 is 0 Å². The fourth-order valence-corrected chi connectivity index (χ4v) is 3.80. The highest BCUT2D eigenvalue weighted by Crippen LogP contribution is 2.36. The third kappa shape index (κ3) is 5.01. The Kier molecular flexibility index (Phi) is 6.57. The second kappa shape index (κ2) is 8.28. The smallest absolute Gasteiger partial charge is 0.191 e. The van der Waals surface area contributed by atoms with E-state index in [1.807, 2.05) is 22.8 Å². The molecular formula is C20H32N2O2Si. The van der Waals surface area contributed by atoms with Gasteiger partial charge in [0.2, 0.25) is 0 Å². The summed E-state index contributed by atoms with van der Waals surface area (Å²) in [5.74, 6) is 0. The first-order chi connectivity index (χ1) is 11.8. The molecule has 2 rings (SSSR count). The van der Waals surface area contributed by atoms with E-state index in [1.54, 1.807) is 6.20 Å². The molecule has 0 fully saturated rings. The standard InChI is InChI=1S/C20H32N2O2Si/c1-20(2,3)25(4,5)24-14-9-7-6-8-13-22-18(16-23)15-17-11-10-12-21-19(17)22/h10-12,15-16H,6-9,13-14H2,1-5H3. The van der Waals surface area contributed by atoms with Crippen LogP contribution in [-0.4, -0.2) is 30.8 Å². The van der Waals surface area contributed by atoms with Crippen molar-refractivity contribution in [3.05, 3.63) is 30.1 Å². The van der Waals surface area contributed by atoms with Crippen LogP contribution in [0.5, 0.6) is 0 Å². The van der Waals surface area contributed by atoms with Crippen LogP contribution in [0.1, 0.15) is 56.9 Å². The summed E-state index contributed by atoms with van der Waals surface area (Å²) in [5.41, 5.74) is 1.63. The van der Waals surface area contributed by atoms with Crippen LogP contribution in [0, 0.1) is 0 Å². The van der Waals surface area contributed by atoms with E-state index in [4.69, 9.17) is 4.43 Å². The van der Waals surface area contributed by atoms with E-state index in [-0.39, 0.29) is 5.04 Å². The molecule has 2 aromatic rings. The fraction of sp³-hybridized carbons (Fsp3) is 0.600. The van der Waals surface area contributed by atoms with Crippen LogP contribution in [0.3, 0.4) is 0 Å². The van der Waals surface area contributed by atoms with Crippen molar-refractivity contribution >= 4 is 25.6 Å². The van der Waals surface area contributed by atoms with E-state index in [2.05, 4.69) is 38.8 Å². The predicted octanol–water partition coefficient (Wildman–Crippen LogP) is 5.43. The fourth-order valence-electron chi connectivity index (χ4n) is 2.71. The van der Waals surface area contributed by atoms with Gasteiger partial charge in [-0.05, 0) is 49.2 Å². The van der Waals surface area contributed by atoms with Crippen molar-refractivity contribution in [2.45, 2.75) is 71.1 Å². The molecule has 0 atom stereocenters. The van der Waals surface area contributed by atoms with Crippen LogP contribution in [-0.2, 0) is 11.0 Å². The number of rotatable bonds is 9. The lowest BCUT2D eigenvalue weighted by Crippen LogP contribution is -2.40. The molecular weight excluding hydrogens is 328 g/mol. The Labute approximate surface area is 152 Å². The molecule has 0 bridgehead atoms. The molecule has 0 unspecified atom stereocenters. The summed E-state index contributed by atoms with van der Waals surface area (Å²) in [6.07, 6.45) is 7.18. The molecule has 0 saturated carbocycles. The molecule has 0 aliphatic heterocycles. The second-order valence-corrected chi connectivity index (χ2v) is 13.1. The van der Waals surface area contributed by atoms with Gasteiger partial charge in [0.25, 0.3) is 0 Å². The first-order valence-corrected chi connectivity index (χ1v) is 12.2. The summed E-state index contributed by atoms with van der Waals surface area (Å²) in [5, 5.41) is 1.31. The largest absolute Gasteiger partial charge is 0.417 e. The molecule has 0 N–H and O–H groups in total. The summed E-state index contributed by atoms with van der Waals surface area (Å²) >= 11 is 0. The van der Waals surface area contributed by atoms with Crippen molar-refractivity contribution < 1.29 is 9.22 Å². The SMILES string of the molecule is CC(C)(C)[Si](C)(C)OCCCCCCn1c(C=O)cc2cccnc21. The number of unbranched alkanes of at least 4 members (excludes halogenated alkanes) is 3. The average Bonchev–Trinajstić information content (AvgIpc) is 2.90. The Morgan fingerprint density at radius 3 is 2.60 bits per heavy atom. The number of aldehydes is 1. The van der Waals surface area contributed by atoms with E-state index >= 15 is 0 Å². The summed E-state index contributed by atoms with van der Waals surface area (Å²) in [6.45, 7) is 13.1. The molecule has 2 heterocycles. The number of fused-ring (bicyclic) bond motifs is 1. The van der Waals surface area contributed by atoms with Gasteiger partial charge < -0.3 is 8.99 Å². The predicted molar refractivity (Wildman–Crippen MR) is 107 cm³/mol. The number of hydrogen-bond donors (Lipinski definition) is 0. The lowest BCUT2D eigenvalue weighted by molar-refractivity contribution is 0.111. The van der Waals surface area contributed by atoms with Crippen molar-refractivity contribution in [1.29, 1.82) is 0 Å². The lowest BCUT2D eigenvalue weighted by atomic mass is 10.2. The van der Waals surface area contributed by atoms with Gasteiger partial charge in [-0.3, -0.25) is 4.79 Å². The molecule has 25 heavy (non-hydrogen) atoms. The van der Waals surface area contributed by atoms with Gasteiger partial charge in [-0.25, -0.2) is 4.98 Å². The topological polar surface area (TPSA) is 44.1 Å². The Bertz CT molecular complexity index is 701. The third-order valence-electron chi connectivity index (χ3n) is 5.35. The van der Waals surface area contributed by atoms with Gasteiger partial charge in [0.05, 0.1) is 5.69 Å². The third-order valence-corrected chi connectivity index (χ3v) is 9.89. The molecule has 4 nitrogen and oxygen atoms in total. The van der Waals surface area contributed by atoms with Gasteiger partial charge in [0, 0.05) is 24.7 Å². The minimum Gasteiger partial charge on any atom is -0.417 e. The Hall–Kier alpha value is -1.46. The summed E-state index contributed by atoms with van der Waals surface area (Å²) in [7, 11) is -1.61. The number of carbonyl (C=O) groups excluding carboxylic acids is 1. The number of pyridine rings is 1. The molecule has 0 spiro atoms. The van der Waals surface area contributed by atoms with Gasteiger partial charge in [0.1, 0.15) is 5.65 Å². The zero-order chi connectivity index (χ0) is 18.5. The minimum atomic E-state index is -1.61. The maximum Gasteiger partial charge on any atom is 0.191 e. The van der Waals surface area contributed by atoms with Gasteiger partial charge in [-0.2, -0.15) is 0 Å². The molecule has 2 aromatic heterocycles. The molecule has 5 heteroatoms. The molecule has 0 amide bonds. The van der Waals surface area contributed by atoms with Gasteiger partial charge in [-0.1, -0.05) is 33.6 Å².